The van der Waals surface area contributed by atoms with Crippen LogP contribution in [0, 0.1) is 0 Å². The summed E-state index contributed by atoms with van der Waals surface area (Å²) in [5.74, 6) is -2.75. The molecule has 0 aliphatic carbocycles. The van der Waals surface area contributed by atoms with Gasteiger partial charge >= 0.3 is 0 Å². The number of rotatable bonds is 1. The number of halogens is 2. The van der Waals surface area contributed by atoms with E-state index in [4.69, 9.17) is 4.74 Å². The fourth-order valence-electron chi connectivity index (χ4n) is 2.16. The highest BCUT2D eigenvalue weighted by molar-refractivity contribution is 7.99. The second-order valence-corrected chi connectivity index (χ2v) is 5.67. The lowest BCUT2D eigenvalue weighted by molar-refractivity contribution is -0.145. The number of hydrogen-bond acceptors (Lipinski definition) is 4. The Hall–Kier alpha value is -0.890. The molecule has 0 saturated carbocycles. The Morgan fingerprint density at radius 1 is 1.42 bits per heavy atom. The molecule has 108 valence electrons. The van der Waals surface area contributed by atoms with Crippen molar-refractivity contribution in [2.75, 3.05) is 37.9 Å². The first kappa shape index (κ1) is 14.5. The summed E-state index contributed by atoms with van der Waals surface area (Å²) in [7, 11) is 0. The van der Waals surface area contributed by atoms with Gasteiger partial charge in [0.2, 0.25) is 11.8 Å². The van der Waals surface area contributed by atoms with Gasteiger partial charge in [-0.2, -0.15) is 0 Å². The van der Waals surface area contributed by atoms with E-state index in [2.05, 4.69) is 0 Å². The molecular weight excluding hydrogens is 278 g/mol. The van der Waals surface area contributed by atoms with Crippen LogP contribution >= 0.6 is 11.8 Å². The highest BCUT2D eigenvalue weighted by Crippen LogP contribution is 2.25. The van der Waals surface area contributed by atoms with Crippen molar-refractivity contribution < 1.29 is 23.1 Å². The standard InChI is InChI=1S/C11H16F2N2O3S/c1-8(16)15-7-19-4-9(15)10(17)14-2-3-18-6-11(12,13)5-14/h9H,2-7H2,1H3. The van der Waals surface area contributed by atoms with Gasteiger partial charge in [0.25, 0.3) is 5.92 Å². The lowest BCUT2D eigenvalue weighted by atomic mass is 10.2. The molecule has 2 rings (SSSR count). The molecule has 2 aliphatic heterocycles. The predicted molar refractivity (Wildman–Crippen MR) is 66.0 cm³/mol. The molecule has 0 spiro atoms. The monoisotopic (exact) mass is 294 g/mol. The van der Waals surface area contributed by atoms with Crippen LogP contribution in [0.1, 0.15) is 6.92 Å². The van der Waals surface area contributed by atoms with Gasteiger partial charge in [-0.1, -0.05) is 0 Å². The van der Waals surface area contributed by atoms with E-state index in [1.807, 2.05) is 0 Å². The predicted octanol–water partition coefficient (Wildman–Crippen LogP) is 0.402. The zero-order chi connectivity index (χ0) is 14.0. The summed E-state index contributed by atoms with van der Waals surface area (Å²) in [6.45, 7) is 0.320. The molecule has 19 heavy (non-hydrogen) atoms. The summed E-state index contributed by atoms with van der Waals surface area (Å²) in [4.78, 5) is 26.2. The largest absolute Gasteiger partial charge is 0.373 e. The number of alkyl halides is 2. The quantitative estimate of drug-likeness (QED) is 0.702. The zero-order valence-corrected chi connectivity index (χ0v) is 11.4. The maximum atomic E-state index is 13.4. The third kappa shape index (κ3) is 3.36. The van der Waals surface area contributed by atoms with E-state index >= 15 is 0 Å². The molecule has 8 heteroatoms. The summed E-state index contributed by atoms with van der Waals surface area (Å²) in [6, 6.07) is -0.628. The summed E-state index contributed by atoms with van der Waals surface area (Å²) >= 11 is 1.45. The second-order valence-electron chi connectivity index (χ2n) is 4.67. The van der Waals surface area contributed by atoms with E-state index in [-0.39, 0.29) is 19.1 Å². The van der Waals surface area contributed by atoms with Crippen molar-refractivity contribution in [1.82, 2.24) is 9.80 Å². The Bertz CT molecular complexity index is 381. The van der Waals surface area contributed by atoms with Gasteiger partial charge < -0.3 is 14.5 Å². The number of ether oxygens (including phenoxy) is 1. The van der Waals surface area contributed by atoms with Crippen LogP contribution < -0.4 is 0 Å². The van der Waals surface area contributed by atoms with Crippen molar-refractivity contribution in [1.29, 1.82) is 0 Å². The zero-order valence-electron chi connectivity index (χ0n) is 10.6. The van der Waals surface area contributed by atoms with Crippen LogP contribution in [0.25, 0.3) is 0 Å². The molecule has 0 aromatic heterocycles. The molecule has 0 aromatic rings. The van der Waals surface area contributed by atoms with Crippen molar-refractivity contribution >= 4 is 23.6 Å². The van der Waals surface area contributed by atoms with Crippen LogP contribution in [-0.4, -0.2) is 71.5 Å². The normalized spacial score (nSPS) is 27.2. The van der Waals surface area contributed by atoms with E-state index in [1.165, 1.54) is 23.6 Å². The summed E-state index contributed by atoms with van der Waals surface area (Å²) in [5, 5.41) is 0. The molecule has 2 fully saturated rings. The third-order valence-corrected chi connectivity index (χ3v) is 4.14. The molecule has 2 saturated heterocycles. The minimum Gasteiger partial charge on any atom is -0.373 e. The minimum absolute atomic E-state index is 0.0985. The molecule has 2 heterocycles. The molecule has 2 aliphatic rings. The van der Waals surface area contributed by atoms with Crippen LogP contribution in [-0.2, 0) is 14.3 Å². The Morgan fingerprint density at radius 2 is 2.16 bits per heavy atom. The van der Waals surface area contributed by atoms with Gasteiger partial charge in [0.15, 0.2) is 0 Å². The van der Waals surface area contributed by atoms with Crippen molar-refractivity contribution in [3.63, 3.8) is 0 Å². The molecule has 1 atom stereocenters. The van der Waals surface area contributed by atoms with E-state index < -0.39 is 31.0 Å². The smallest absolute Gasteiger partial charge is 0.288 e. The van der Waals surface area contributed by atoms with E-state index in [1.54, 1.807) is 0 Å². The van der Waals surface area contributed by atoms with Gasteiger partial charge in [0.05, 0.1) is 19.0 Å². The Labute approximate surface area is 114 Å². The summed E-state index contributed by atoms with van der Waals surface area (Å²) < 4.78 is 31.6. The number of hydrogen-bond donors (Lipinski definition) is 0. The Kier molecular flexibility index (Phi) is 4.29. The highest BCUT2D eigenvalue weighted by atomic mass is 32.2. The Balaban J connectivity index is 2.07. The molecule has 0 N–H and O–H groups in total. The van der Waals surface area contributed by atoms with Crippen molar-refractivity contribution in [2.45, 2.75) is 18.9 Å². The topological polar surface area (TPSA) is 49.9 Å². The summed E-state index contributed by atoms with van der Waals surface area (Å²) in [5.41, 5.74) is 0. The molecule has 5 nitrogen and oxygen atoms in total. The van der Waals surface area contributed by atoms with Gasteiger partial charge in [0, 0.05) is 19.2 Å². The van der Waals surface area contributed by atoms with Gasteiger partial charge in [-0.05, 0) is 0 Å². The number of carbonyl (C=O) groups is 2. The lowest BCUT2D eigenvalue weighted by Crippen LogP contribution is -2.51. The maximum absolute atomic E-state index is 13.4. The fourth-order valence-corrected chi connectivity index (χ4v) is 3.37. The van der Waals surface area contributed by atoms with Gasteiger partial charge in [-0.15, -0.1) is 11.8 Å². The highest BCUT2D eigenvalue weighted by Gasteiger charge is 2.41. The fraction of sp³-hybridized carbons (Fsp3) is 0.818. The summed E-state index contributed by atoms with van der Waals surface area (Å²) in [6.07, 6.45) is 0. The van der Waals surface area contributed by atoms with Crippen LogP contribution in [0.2, 0.25) is 0 Å². The SMILES string of the molecule is CC(=O)N1CSCC1C(=O)N1CCOCC(F)(F)C1. The minimum atomic E-state index is -3.03. The number of thioether (sulfide) groups is 1. The number of nitrogens with zero attached hydrogens (tertiary/aromatic N) is 2. The van der Waals surface area contributed by atoms with E-state index in [0.717, 1.165) is 4.90 Å². The molecule has 0 bridgehead atoms. The first-order valence-corrected chi connectivity index (χ1v) is 7.15. The van der Waals surface area contributed by atoms with Crippen LogP contribution in [0.4, 0.5) is 8.78 Å². The second kappa shape index (κ2) is 5.62. The molecule has 2 amide bonds. The number of amides is 2. The third-order valence-electron chi connectivity index (χ3n) is 3.12. The number of carbonyl (C=O) groups excluding carboxylic acids is 2. The Morgan fingerprint density at radius 3 is 2.84 bits per heavy atom. The van der Waals surface area contributed by atoms with Crippen LogP contribution in [0.15, 0.2) is 0 Å². The average molecular weight is 294 g/mol. The van der Waals surface area contributed by atoms with Gasteiger partial charge in [-0.3, -0.25) is 9.59 Å². The van der Waals surface area contributed by atoms with Gasteiger partial charge in [0.1, 0.15) is 12.6 Å². The average Bonchev–Trinajstić information content (AvgIpc) is 2.74. The van der Waals surface area contributed by atoms with E-state index in [0.29, 0.717) is 11.6 Å². The molecular formula is C11H16F2N2O3S. The van der Waals surface area contributed by atoms with Crippen molar-refractivity contribution in [2.24, 2.45) is 0 Å². The molecule has 1 unspecified atom stereocenters. The molecule has 0 aromatic carbocycles. The molecule has 0 radical (unpaired) electrons. The van der Waals surface area contributed by atoms with Gasteiger partial charge in [-0.25, -0.2) is 8.78 Å². The van der Waals surface area contributed by atoms with E-state index in [9.17, 15) is 18.4 Å². The van der Waals surface area contributed by atoms with Crippen molar-refractivity contribution in [3.8, 4) is 0 Å². The first-order chi connectivity index (χ1) is 8.91. The lowest BCUT2D eigenvalue weighted by Gasteiger charge is -2.29. The van der Waals surface area contributed by atoms with Crippen LogP contribution in [0.5, 0.6) is 0 Å². The maximum Gasteiger partial charge on any atom is 0.288 e. The first-order valence-electron chi connectivity index (χ1n) is 6.00. The van der Waals surface area contributed by atoms with Crippen LogP contribution in [0.3, 0.4) is 0 Å². The van der Waals surface area contributed by atoms with Crippen molar-refractivity contribution in [3.05, 3.63) is 0 Å².